The SMILES string of the molecule is CCN(CC)CC(C)NC(=O)C1(C(C)C)CCNC1. The Balaban J connectivity index is 2.57. The number of amides is 1. The van der Waals surface area contributed by atoms with Crippen molar-refractivity contribution in [2.75, 3.05) is 32.7 Å². The lowest BCUT2D eigenvalue weighted by atomic mass is 9.75. The minimum absolute atomic E-state index is 0.211. The molecule has 1 aliphatic heterocycles. The van der Waals surface area contributed by atoms with Gasteiger partial charge in [0, 0.05) is 19.1 Å². The molecule has 2 unspecified atom stereocenters. The van der Waals surface area contributed by atoms with E-state index in [-0.39, 0.29) is 17.4 Å². The van der Waals surface area contributed by atoms with Crippen molar-refractivity contribution in [3.63, 3.8) is 0 Å². The topological polar surface area (TPSA) is 44.4 Å². The molecule has 1 amide bonds. The molecule has 19 heavy (non-hydrogen) atoms. The van der Waals surface area contributed by atoms with Gasteiger partial charge in [0.25, 0.3) is 0 Å². The number of likely N-dealkylation sites (N-methyl/N-ethyl adjacent to an activating group) is 1. The summed E-state index contributed by atoms with van der Waals surface area (Å²) in [7, 11) is 0. The van der Waals surface area contributed by atoms with E-state index in [0.717, 1.165) is 39.1 Å². The van der Waals surface area contributed by atoms with Gasteiger partial charge in [0.15, 0.2) is 0 Å². The van der Waals surface area contributed by atoms with Crippen LogP contribution in [0.5, 0.6) is 0 Å². The maximum atomic E-state index is 12.6. The summed E-state index contributed by atoms with van der Waals surface area (Å²) < 4.78 is 0. The van der Waals surface area contributed by atoms with Crippen LogP contribution in [-0.4, -0.2) is 49.6 Å². The van der Waals surface area contributed by atoms with Gasteiger partial charge in [-0.05, 0) is 38.9 Å². The van der Waals surface area contributed by atoms with Crippen molar-refractivity contribution in [1.29, 1.82) is 0 Å². The average molecular weight is 269 g/mol. The summed E-state index contributed by atoms with van der Waals surface area (Å²) in [5.74, 6) is 0.607. The summed E-state index contributed by atoms with van der Waals surface area (Å²) in [6, 6.07) is 0.212. The summed E-state index contributed by atoms with van der Waals surface area (Å²) in [5, 5.41) is 6.56. The lowest BCUT2D eigenvalue weighted by Crippen LogP contribution is -2.51. The van der Waals surface area contributed by atoms with E-state index in [1.807, 2.05) is 0 Å². The third-order valence-corrected chi connectivity index (χ3v) is 4.55. The standard InChI is InChI=1S/C15H31N3O/c1-6-18(7-2)10-13(5)17-14(19)15(12(3)4)8-9-16-11-15/h12-13,16H,6-11H2,1-5H3,(H,17,19). The van der Waals surface area contributed by atoms with E-state index >= 15 is 0 Å². The molecule has 2 atom stereocenters. The first-order chi connectivity index (χ1) is 8.96. The number of carbonyl (C=O) groups excluding carboxylic acids is 1. The highest BCUT2D eigenvalue weighted by Gasteiger charge is 2.44. The molecule has 0 bridgehead atoms. The minimum Gasteiger partial charge on any atom is -0.352 e. The zero-order valence-electron chi connectivity index (χ0n) is 13.3. The van der Waals surface area contributed by atoms with Gasteiger partial charge in [0.1, 0.15) is 0 Å². The van der Waals surface area contributed by atoms with E-state index in [9.17, 15) is 4.79 Å². The van der Waals surface area contributed by atoms with Gasteiger partial charge in [-0.2, -0.15) is 0 Å². The largest absolute Gasteiger partial charge is 0.352 e. The maximum Gasteiger partial charge on any atom is 0.228 e. The van der Waals surface area contributed by atoms with E-state index in [0.29, 0.717) is 5.92 Å². The van der Waals surface area contributed by atoms with Gasteiger partial charge >= 0.3 is 0 Å². The highest BCUT2D eigenvalue weighted by Crippen LogP contribution is 2.34. The average Bonchev–Trinajstić information content (AvgIpc) is 2.86. The van der Waals surface area contributed by atoms with E-state index in [1.54, 1.807) is 0 Å². The number of hydrogen-bond acceptors (Lipinski definition) is 3. The van der Waals surface area contributed by atoms with Gasteiger partial charge in [-0.3, -0.25) is 4.79 Å². The number of rotatable bonds is 7. The van der Waals surface area contributed by atoms with Gasteiger partial charge < -0.3 is 15.5 Å². The monoisotopic (exact) mass is 269 g/mol. The summed E-state index contributed by atoms with van der Waals surface area (Å²) >= 11 is 0. The highest BCUT2D eigenvalue weighted by atomic mass is 16.2. The lowest BCUT2D eigenvalue weighted by Gasteiger charge is -2.33. The van der Waals surface area contributed by atoms with Crippen LogP contribution in [0.1, 0.15) is 41.0 Å². The molecule has 0 aromatic rings. The zero-order valence-corrected chi connectivity index (χ0v) is 13.3. The van der Waals surface area contributed by atoms with Crippen molar-refractivity contribution in [1.82, 2.24) is 15.5 Å². The Morgan fingerprint density at radius 3 is 2.37 bits per heavy atom. The van der Waals surface area contributed by atoms with Gasteiger partial charge in [-0.1, -0.05) is 27.7 Å². The third kappa shape index (κ3) is 3.93. The molecule has 1 aliphatic rings. The molecule has 0 saturated carbocycles. The second-order valence-electron chi connectivity index (χ2n) is 6.10. The number of carbonyl (C=O) groups is 1. The quantitative estimate of drug-likeness (QED) is 0.735. The van der Waals surface area contributed by atoms with Crippen molar-refractivity contribution < 1.29 is 4.79 Å². The summed E-state index contributed by atoms with van der Waals surface area (Å²) in [4.78, 5) is 15.0. The Hall–Kier alpha value is -0.610. The van der Waals surface area contributed by atoms with E-state index in [1.165, 1.54) is 0 Å². The van der Waals surface area contributed by atoms with Crippen LogP contribution in [0.4, 0.5) is 0 Å². The molecule has 112 valence electrons. The number of nitrogens with zero attached hydrogens (tertiary/aromatic N) is 1. The first-order valence-corrected chi connectivity index (χ1v) is 7.70. The molecule has 4 heteroatoms. The fourth-order valence-corrected chi connectivity index (χ4v) is 2.94. The molecule has 0 spiro atoms. The van der Waals surface area contributed by atoms with Gasteiger partial charge in [0.05, 0.1) is 5.41 Å². The van der Waals surface area contributed by atoms with Crippen LogP contribution in [0.2, 0.25) is 0 Å². The van der Waals surface area contributed by atoms with Gasteiger partial charge in [-0.25, -0.2) is 0 Å². The minimum atomic E-state index is -0.211. The Kier molecular flexibility index (Phi) is 6.27. The number of hydrogen-bond donors (Lipinski definition) is 2. The molecular weight excluding hydrogens is 238 g/mol. The molecular formula is C15H31N3O. The molecule has 1 fully saturated rings. The van der Waals surface area contributed by atoms with Gasteiger partial charge in [-0.15, -0.1) is 0 Å². The second kappa shape index (κ2) is 7.25. The predicted octanol–water partition coefficient (Wildman–Crippen LogP) is 1.47. The van der Waals surface area contributed by atoms with Crippen molar-refractivity contribution >= 4 is 5.91 Å². The van der Waals surface area contributed by atoms with Crippen molar-refractivity contribution in [3.05, 3.63) is 0 Å². The second-order valence-corrected chi connectivity index (χ2v) is 6.10. The van der Waals surface area contributed by atoms with E-state index < -0.39 is 0 Å². The Labute approximate surface area is 118 Å². The van der Waals surface area contributed by atoms with Crippen molar-refractivity contribution in [2.45, 2.75) is 47.1 Å². The zero-order chi connectivity index (χ0) is 14.5. The lowest BCUT2D eigenvalue weighted by molar-refractivity contribution is -0.133. The smallest absolute Gasteiger partial charge is 0.228 e. The summed E-state index contributed by atoms with van der Waals surface area (Å²) in [5.41, 5.74) is -0.211. The van der Waals surface area contributed by atoms with E-state index in [2.05, 4.69) is 50.2 Å². The normalized spacial score (nSPS) is 25.0. The molecule has 1 saturated heterocycles. The Morgan fingerprint density at radius 2 is 1.95 bits per heavy atom. The summed E-state index contributed by atoms with van der Waals surface area (Å²) in [6.07, 6.45) is 0.953. The van der Waals surface area contributed by atoms with Crippen LogP contribution in [0.15, 0.2) is 0 Å². The molecule has 0 radical (unpaired) electrons. The van der Waals surface area contributed by atoms with Gasteiger partial charge in [0.2, 0.25) is 5.91 Å². The Morgan fingerprint density at radius 1 is 1.32 bits per heavy atom. The first kappa shape index (κ1) is 16.4. The highest BCUT2D eigenvalue weighted by molar-refractivity contribution is 5.83. The number of nitrogens with one attached hydrogen (secondary N) is 2. The van der Waals surface area contributed by atoms with Crippen LogP contribution in [0, 0.1) is 11.3 Å². The predicted molar refractivity (Wildman–Crippen MR) is 80.2 cm³/mol. The van der Waals surface area contributed by atoms with Crippen molar-refractivity contribution in [3.8, 4) is 0 Å². The molecule has 4 nitrogen and oxygen atoms in total. The maximum absolute atomic E-state index is 12.6. The van der Waals surface area contributed by atoms with Crippen LogP contribution >= 0.6 is 0 Å². The van der Waals surface area contributed by atoms with E-state index in [4.69, 9.17) is 0 Å². The molecule has 2 N–H and O–H groups in total. The van der Waals surface area contributed by atoms with Crippen LogP contribution in [0.25, 0.3) is 0 Å². The van der Waals surface area contributed by atoms with Crippen LogP contribution in [-0.2, 0) is 4.79 Å². The first-order valence-electron chi connectivity index (χ1n) is 7.70. The van der Waals surface area contributed by atoms with Crippen LogP contribution < -0.4 is 10.6 Å². The molecule has 0 aliphatic carbocycles. The molecule has 0 aromatic heterocycles. The Bertz CT molecular complexity index is 281. The molecule has 1 rings (SSSR count). The third-order valence-electron chi connectivity index (χ3n) is 4.55. The molecule has 0 aromatic carbocycles. The summed E-state index contributed by atoms with van der Waals surface area (Å²) in [6.45, 7) is 15.5. The fraction of sp³-hybridized carbons (Fsp3) is 0.933. The fourth-order valence-electron chi connectivity index (χ4n) is 2.94. The molecule has 1 heterocycles. The van der Waals surface area contributed by atoms with Crippen LogP contribution in [0.3, 0.4) is 0 Å². The van der Waals surface area contributed by atoms with Crippen molar-refractivity contribution in [2.24, 2.45) is 11.3 Å².